The van der Waals surface area contributed by atoms with E-state index in [0.717, 1.165) is 18.4 Å². The van der Waals surface area contributed by atoms with Crippen molar-refractivity contribution in [2.75, 3.05) is 0 Å². The Morgan fingerprint density at radius 3 is 2.25 bits per heavy atom. The van der Waals surface area contributed by atoms with Gasteiger partial charge in [-0.15, -0.1) is 0 Å². The number of hydrogen-bond donors (Lipinski definition) is 1. The van der Waals surface area contributed by atoms with Crippen LogP contribution in [0.5, 0.6) is 0 Å². The number of nitrogens with one attached hydrogen (secondary N) is 1. The van der Waals surface area contributed by atoms with E-state index in [9.17, 15) is 4.79 Å². The Morgan fingerprint density at radius 2 is 1.70 bits per heavy atom. The lowest BCUT2D eigenvalue weighted by molar-refractivity contribution is -0.153. The summed E-state index contributed by atoms with van der Waals surface area (Å²) in [5, 5.41) is 3.58. The first-order valence-electron chi connectivity index (χ1n) is 7.27. The van der Waals surface area contributed by atoms with Gasteiger partial charge >= 0.3 is 5.97 Å². The van der Waals surface area contributed by atoms with Gasteiger partial charge in [-0.1, -0.05) is 30.3 Å². The number of piperidine rings is 1. The van der Waals surface area contributed by atoms with Crippen LogP contribution in [0.1, 0.15) is 46.1 Å². The molecule has 1 aromatic carbocycles. The number of esters is 1. The van der Waals surface area contributed by atoms with Crippen molar-refractivity contribution in [1.29, 1.82) is 0 Å². The fraction of sp³-hybridized carbons (Fsp3) is 0.588. The first-order valence-corrected chi connectivity index (χ1v) is 7.27. The Balaban J connectivity index is 1.95. The molecule has 0 saturated carbocycles. The van der Waals surface area contributed by atoms with Crippen molar-refractivity contribution in [3.8, 4) is 0 Å². The fourth-order valence-electron chi connectivity index (χ4n) is 3.34. The lowest BCUT2D eigenvalue weighted by atomic mass is 9.76. The third kappa shape index (κ3) is 4.07. The normalized spacial score (nSPS) is 21.4. The number of ether oxygens (including phenoxy) is 1. The molecule has 1 heterocycles. The molecule has 3 heteroatoms. The topological polar surface area (TPSA) is 38.3 Å². The fourth-order valence-corrected chi connectivity index (χ4v) is 3.34. The highest BCUT2D eigenvalue weighted by atomic mass is 16.5. The number of carbonyl (C=O) groups is 1. The minimum Gasteiger partial charge on any atom is -0.461 e. The van der Waals surface area contributed by atoms with Crippen LogP contribution in [0.15, 0.2) is 30.3 Å². The van der Waals surface area contributed by atoms with Crippen LogP contribution in [0.2, 0.25) is 0 Å². The molecule has 0 amide bonds. The maximum atomic E-state index is 12.3. The van der Waals surface area contributed by atoms with E-state index in [1.54, 1.807) is 0 Å². The minimum atomic E-state index is -0.0727. The predicted molar refractivity (Wildman–Crippen MR) is 80.3 cm³/mol. The summed E-state index contributed by atoms with van der Waals surface area (Å²) in [5.74, 6) is -0.0959. The summed E-state index contributed by atoms with van der Waals surface area (Å²) in [6.45, 7) is 8.94. The van der Waals surface area contributed by atoms with E-state index in [2.05, 4.69) is 33.0 Å². The maximum absolute atomic E-state index is 12.3. The van der Waals surface area contributed by atoms with Gasteiger partial charge in [-0.3, -0.25) is 4.79 Å². The van der Waals surface area contributed by atoms with Crippen molar-refractivity contribution in [3.63, 3.8) is 0 Å². The molecule has 1 N–H and O–H groups in total. The molecule has 1 aliphatic rings. The van der Waals surface area contributed by atoms with Crippen molar-refractivity contribution in [3.05, 3.63) is 35.9 Å². The van der Waals surface area contributed by atoms with Crippen molar-refractivity contribution >= 4 is 5.97 Å². The Bertz CT molecular complexity index is 449. The zero-order valence-corrected chi connectivity index (χ0v) is 12.9. The molecule has 0 aromatic heterocycles. The highest BCUT2D eigenvalue weighted by molar-refractivity contribution is 5.73. The van der Waals surface area contributed by atoms with Gasteiger partial charge in [0.15, 0.2) is 0 Å². The van der Waals surface area contributed by atoms with E-state index in [1.165, 1.54) is 0 Å². The van der Waals surface area contributed by atoms with E-state index >= 15 is 0 Å². The van der Waals surface area contributed by atoms with Crippen LogP contribution in [0.3, 0.4) is 0 Å². The van der Waals surface area contributed by atoms with Gasteiger partial charge in [0.25, 0.3) is 0 Å². The molecular weight excluding hydrogens is 250 g/mol. The molecule has 0 atom stereocenters. The SMILES string of the molecule is CC1(C)CC(C(=O)OCc2ccccc2)CC(C)(C)N1. The van der Waals surface area contributed by atoms with Crippen LogP contribution < -0.4 is 5.32 Å². The minimum absolute atomic E-state index is 0.0232. The Morgan fingerprint density at radius 1 is 1.15 bits per heavy atom. The lowest BCUT2D eigenvalue weighted by Gasteiger charge is -2.45. The van der Waals surface area contributed by atoms with Gasteiger partial charge in [0.1, 0.15) is 6.61 Å². The largest absolute Gasteiger partial charge is 0.461 e. The maximum Gasteiger partial charge on any atom is 0.309 e. The van der Waals surface area contributed by atoms with Gasteiger partial charge in [0.2, 0.25) is 0 Å². The Hall–Kier alpha value is -1.35. The van der Waals surface area contributed by atoms with Crippen molar-refractivity contribution in [2.45, 2.75) is 58.2 Å². The predicted octanol–water partition coefficient (Wildman–Crippen LogP) is 3.29. The van der Waals surface area contributed by atoms with Gasteiger partial charge in [-0.05, 0) is 46.1 Å². The highest BCUT2D eigenvalue weighted by Gasteiger charge is 2.41. The van der Waals surface area contributed by atoms with Crippen molar-refractivity contribution in [1.82, 2.24) is 5.32 Å². The summed E-state index contributed by atoms with van der Waals surface area (Å²) in [6, 6.07) is 9.83. The molecule has 1 saturated heterocycles. The van der Waals surface area contributed by atoms with Crippen LogP contribution in [0.25, 0.3) is 0 Å². The van der Waals surface area contributed by atoms with E-state index in [-0.39, 0.29) is 23.0 Å². The molecule has 0 bridgehead atoms. The van der Waals surface area contributed by atoms with Crippen molar-refractivity contribution < 1.29 is 9.53 Å². The Kier molecular flexibility index (Phi) is 4.19. The molecule has 0 radical (unpaired) electrons. The molecule has 1 aliphatic heterocycles. The summed E-state index contributed by atoms with van der Waals surface area (Å²) >= 11 is 0. The third-order valence-electron chi connectivity index (χ3n) is 3.75. The van der Waals surface area contributed by atoms with Crippen molar-refractivity contribution in [2.24, 2.45) is 5.92 Å². The van der Waals surface area contributed by atoms with E-state index < -0.39 is 0 Å². The standard InChI is InChI=1S/C17H25NO2/c1-16(2)10-14(11-17(3,4)18-16)15(19)20-12-13-8-6-5-7-9-13/h5-9,14,18H,10-12H2,1-4H3. The number of carbonyl (C=O) groups excluding carboxylic acids is 1. The molecule has 20 heavy (non-hydrogen) atoms. The second-order valence-corrected chi connectivity index (χ2v) is 7.09. The van der Waals surface area contributed by atoms with Crippen LogP contribution in [-0.4, -0.2) is 17.0 Å². The molecule has 0 spiro atoms. The summed E-state index contributed by atoms with van der Waals surface area (Å²) in [4.78, 5) is 12.3. The summed E-state index contributed by atoms with van der Waals surface area (Å²) in [5.41, 5.74) is 0.976. The Labute approximate surface area is 121 Å². The molecule has 1 fully saturated rings. The first-order chi connectivity index (χ1) is 9.27. The van der Waals surface area contributed by atoms with E-state index in [1.807, 2.05) is 30.3 Å². The molecule has 1 aromatic rings. The molecule has 0 unspecified atom stereocenters. The molecular formula is C17H25NO2. The van der Waals surface area contributed by atoms with Gasteiger partial charge in [-0.2, -0.15) is 0 Å². The highest BCUT2D eigenvalue weighted by Crippen LogP contribution is 2.33. The van der Waals surface area contributed by atoms with Crippen LogP contribution in [0.4, 0.5) is 0 Å². The van der Waals surface area contributed by atoms with Gasteiger partial charge in [0.05, 0.1) is 5.92 Å². The summed E-state index contributed by atoms with van der Waals surface area (Å²) in [7, 11) is 0. The smallest absolute Gasteiger partial charge is 0.309 e. The molecule has 2 rings (SSSR count). The average Bonchev–Trinajstić information content (AvgIpc) is 2.33. The number of hydrogen-bond acceptors (Lipinski definition) is 3. The lowest BCUT2D eigenvalue weighted by Crippen LogP contribution is -2.58. The zero-order chi connectivity index (χ0) is 14.8. The van der Waals surface area contributed by atoms with Crippen LogP contribution in [-0.2, 0) is 16.1 Å². The second kappa shape index (κ2) is 5.57. The average molecular weight is 275 g/mol. The second-order valence-electron chi connectivity index (χ2n) is 7.09. The van der Waals surface area contributed by atoms with E-state index in [0.29, 0.717) is 6.61 Å². The summed E-state index contributed by atoms with van der Waals surface area (Å²) < 4.78 is 5.49. The van der Waals surface area contributed by atoms with Crippen LogP contribution in [0, 0.1) is 5.92 Å². The van der Waals surface area contributed by atoms with Crippen LogP contribution >= 0.6 is 0 Å². The first kappa shape index (κ1) is 15.0. The number of benzene rings is 1. The van der Waals surface area contributed by atoms with E-state index in [4.69, 9.17) is 4.74 Å². The quantitative estimate of drug-likeness (QED) is 0.860. The summed E-state index contributed by atoms with van der Waals surface area (Å²) in [6.07, 6.45) is 1.65. The molecule has 110 valence electrons. The monoisotopic (exact) mass is 275 g/mol. The molecule has 3 nitrogen and oxygen atoms in total. The van der Waals surface area contributed by atoms with Gasteiger partial charge < -0.3 is 10.1 Å². The van der Waals surface area contributed by atoms with Gasteiger partial charge in [-0.25, -0.2) is 0 Å². The van der Waals surface area contributed by atoms with Gasteiger partial charge in [0, 0.05) is 11.1 Å². The number of rotatable bonds is 3. The zero-order valence-electron chi connectivity index (χ0n) is 12.9. The molecule has 0 aliphatic carbocycles. The third-order valence-corrected chi connectivity index (χ3v) is 3.75.